The van der Waals surface area contributed by atoms with Crippen LogP contribution < -0.4 is 11.2 Å². The van der Waals surface area contributed by atoms with Gasteiger partial charge < -0.3 is 18.7 Å². The van der Waals surface area contributed by atoms with E-state index in [1.165, 1.54) is 0 Å². The molecule has 1 aromatic heterocycles. The van der Waals surface area contributed by atoms with Crippen molar-refractivity contribution in [3.05, 3.63) is 32.9 Å². The Hall–Kier alpha value is -1.12. The van der Waals surface area contributed by atoms with Gasteiger partial charge in [-0.2, -0.15) is 4.39 Å². The van der Waals surface area contributed by atoms with Crippen molar-refractivity contribution >= 4 is 8.60 Å². The number of hydrogen-bond acceptors (Lipinski definition) is 6. The van der Waals surface area contributed by atoms with Crippen molar-refractivity contribution in [2.24, 2.45) is 0 Å². The molecule has 2 heterocycles. The molecule has 1 saturated heterocycles. The van der Waals surface area contributed by atoms with Crippen molar-refractivity contribution in [2.75, 3.05) is 6.61 Å². The Labute approximate surface area is 126 Å². The lowest BCUT2D eigenvalue weighted by Crippen LogP contribution is -2.34. The summed E-state index contributed by atoms with van der Waals surface area (Å²) in [6.45, 7) is 3.65. The summed E-state index contributed by atoms with van der Waals surface area (Å²) in [5.41, 5.74) is -1.79. The zero-order valence-electron chi connectivity index (χ0n) is 12.2. The van der Waals surface area contributed by atoms with E-state index in [0.717, 1.165) is 10.8 Å². The number of rotatable bonds is 6. The fraction of sp³-hybridized carbons (Fsp3) is 0.667. The molecule has 1 aliphatic heterocycles. The van der Waals surface area contributed by atoms with E-state index >= 15 is 0 Å². The Morgan fingerprint density at radius 2 is 2.27 bits per heavy atom. The Morgan fingerprint density at radius 1 is 1.55 bits per heavy atom. The number of H-pyrrole nitrogens is 1. The predicted molar refractivity (Wildman–Crippen MR) is 75.7 cm³/mol. The van der Waals surface area contributed by atoms with Gasteiger partial charge in [0.15, 0.2) is 0 Å². The van der Waals surface area contributed by atoms with Gasteiger partial charge in [0.1, 0.15) is 6.23 Å². The molecule has 0 saturated carbocycles. The molecule has 22 heavy (non-hydrogen) atoms. The van der Waals surface area contributed by atoms with Gasteiger partial charge in [0.25, 0.3) is 5.56 Å². The number of hydrogen-bond donors (Lipinski definition) is 2. The van der Waals surface area contributed by atoms with Crippen LogP contribution in [-0.4, -0.2) is 33.3 Å². The monoisotopic (exact) mass is 336 g/mol. The standard InChI is InChI=1S/C12H18FN2O6P/c1-7(2)21-22(18)19-6-8-3-4-10(20-8)15-5-9(13)11(16)14-12(15)17/h5,7-8,10,18H,3-4,6H2,1-2H3,(H,14,16,17). The summed E-state index contributed by atoms with van der Waals surface area (Å²) in [6, 6.07) is 0. The number of nitrogens with one attached hydrogen (secondary N) is 1. The van der Waals surface area contributed by atoms with Crippen LogP contribution >= 0.6 is 8.60 Å². The number of aromatic nitrogens is 2. The maximum absolute atomic E-state index is 13.3. The lowest BCUT2D eigenvalue weighted by molar-refractivity contribution is -0.0238. The molecule has 2 N–H and O–H groups in total. The first-order valence-corrected chi connectivity index (χ1v) is 7.95. The Balaban J connectivity index is 1.92. The number of nitrogens with zero attached hydrogens (tertiary/aromatic N) is 1. The molecule has 3 unspecified atom stereocenters. The van der Waals surface area contributed by atoms with E-state index in [9.17, 15) is 18.9 Å². The van der Waals surface area contributed by atoms with Crippen molar-refractivity contribution in [1.82, 2.24) is 9.55 Å². The van der Waals surface area contributed by atoms with Crippen LogP contribution in [0.15, 0.2) is 15.8 Å². The minimum absolute atomic E-state index is 0.103. The lowest BCUT2D eigenvalue weighted by Gasteiger charge is -2.17. The summed E-state index contributed by atoms with van der Waals surface area (Å²) in [4.78, 5) is 34.0. The van der Waals surface area contributed by atoms with E-state index in [4.69, 9.17) is 13.8 Å². The summed E-state index contributed by atoms with van der Waals surface area (Å²) in [5, 5.41) is 0. The molecule has 0 radical (unpaired) electrons. The van der Waals surface area contributed by atoms with Crippen molar-refractivity contribution in [2.45, 2.75) is 45.1 Å². The van der Waals surface area contributed by atoms with E-state index in [0.29, 0.717) is 12.8 Å². The molecule has 10 heteroatoms. The third-order valence-corrected chi connectivity index (χ3v) is 3.96. The van der Waals surface area contributed by atoms with E-state index in [1.807, 2.05) is 4.98 Å². The van der Waals surface area contributed by atoms with Crippen molar-refractivity contribution < 1.29 is 23.1 Å². The molecule has 0 bridgehead atoms. The van der Waals surface area contributed by atoms with Gasteiger partial charge in [0, 0.05) is 0 Å². The highest BCUT2D eigenvalue weighted by Gasteiger charge is 2.29. The van der Waals surface area contributed by atoms with E-state index < -0.39 is 31.9 Å². The summed E-state index contributed by atoms with van der Waals surface area (Å²) in [5.74, 6) is -1.05. The maximum atomic E-state index is 13.3. The van der Waals surface area contributed by atoms with E-state index in [1.54, 1.807) is 13.8 Å². The van der Waals surface area contributed by atoms with Crippen LogP contribution in [0.25, 0.3) is 0 Å². The van der Waals surface area contributed by atoms with Crippen LogP contribution in [0.1, 0.15) is 32.9 Å². The molecule has 0 aromatic carbocycles. The summed E-state index contributed by atoms with van der Waals surface area (Å²) in [7, 11) is -1.98. The smallest absolute Gasteiger partial charge is 0.330 e. The highest BCUT2D eigenvalue weighted by atomic mass is 31.2. The van der Waals surface area contributed by atoms with E-state index in [2.05, 4.69) is 0 Å². The normalized spacial score (nSPS) is 23.1. The molecule has 8 nitrogen and oxygen atoms in total. The second kappa shape index (κ2) is 7.43. The van der Waals surface area contributed by atoms with Crippen LogP contribution in [-0.2, 0) is 13.8 Å². The Kier molecular flexibility index (Phi) is 5.82. The molecule has 0 aliphatic carbocycles. The highest BCUT2D eigenvalue weighted by molar-refractivity contribution is 7.40. The van der Waals surface area contributed by atoms with Gasteiger partial charge >= 0.3 is 14.3 Å². The molecule has 0 amide bonds. The number of halogens is 1. The molecular formula is C12H18FN2O6P. The summed E-state index contributed by atoms with van der Waals surface area (Å²) >= 11 is 0. The minimum Gasteiger partial charge on any atom is -0.352 e. The molecule has 124 valence electrons. The second-order valence-corrected chi connectivity index (χ2v) is 6.07. The fourth-order valence-electron chi connectivity index (χ4n) is 2.05. The van der Waals surface area contributed by atoms with Crippen LogP contribution in [0.2, 0.25) is 0 Å². The zero-order valence-corrected chi connectivity index (χ0v) is 13.1. The average molecular weight is 336 g/mol. The van der Waals surface area contributed by atoms with Crippen molar-refractivity contribution in [3.63, 3.8) is 0 Å². The third-order valence-electron chi connectivity index (χ3n) is 2.99. The van der Waals surface area contributed by atoms with Crippen LogP contribution in [0.5, 0.6) is 0 Å². The Morgan fingerprint density at radius 3 is 2.95 bits per heavy atom. The molecule has 1 aliphatic rings. The average Bonchev–Trinajstić information content (AvgIpc) is 2.88. The summed E-state index contributed by atoms with van der Waals surface area (Å²) in [6.07, 6.45) is 0.686. The van der Waals surface area contributed by atoms with Crippen molar-refractivity contribution in [1.29, 1.82) is 0 Å². The first kappa shape index (κ1) is 17.2. The molecule has 2 rings (SSSR count). The first-order chi connectivity index (χ1) is 10.4. The molecule has 1 aromatic rings. The van der Waals surface area contributed by atoms with Crippen LogP contribution in [0.3, 0.4) is 0 Å². The molecular weight excluding hydrogens is 318 g/mol. The van der Waals surface area contributed by atoms with E-state index in [-0.39, 0.29) is 18.8 Å². The lowest BCUT2D eigenvalue weighted by atomic mass is 10.2. The largest absolute Gasteiger partial charge is 0.352 e. The first-order valence-electron chi connectivity index (χ1n) is 6.82. The highest BCUT2D eigenvalue weighted by Crippen LogP contribution is 2.36. The Bertz CT molecular complexity index is 618. The third kappa shape index (κ3) is 4.44. The molecule has 3 atom stereocenters. The predicted octanol–water partition coefficient (Wildman–Crippen LogP) is 1.01. The van der Waals surface area contributed by atoms with Crippen LogP contribution in [0.4, 0.5) is 4.39 Å². The van der Waals surface area contributed by atoms with Gasteiger partial charge in [-0.3, -0.25) is 14.3 Å². The van der Waals surface area contributed by atoms with Gasteiger partial charge in [0.2, 0.25) is 5.82 Å². The minimum atomic E-state index is -1.98. The number of aromatic amines is 1. The maximum Gasteiger partial charge on any atom is 0.330 e. The summed E-state index contributed by atoms with van der Waals surface area (Å²) < 4.78 is 30.0. The topological polar surface area (TPSA) is 103 Å². The SMILES string of the molecule is CC(C)OP(O)OCC1CCC(n2cc(F)c(=O)[nH]c2=O)O1. The van der Waals surface area contributed by atoms with Gasteiger partial charge in [-0.25, -0.2) is 4.79 Å². The fourth-order valence-corrected chi connectivity index (χ4v) is 2.76. The molecule has 0 spiro atoms. The van der Waals surface area contributed by atoms with Gasteiger partial charge in [0.05, 0.1) is 25.0 Å². The quantitative estimate of drug-likeness (QED) is 0.752. The number of ether oxygens (including phenoxy) is 1. The molecule has 1 fully saturated rings. The van der Waals surface area contributed by atoms with Crippen molar-refractivity contribution in [3.8, 4) is 0 Å². The van der Waals surface area contributed by atoms with Gasteiger partial charge in [-0.15, -0.1) is 0 Å². The van der Waals surface area contributed by atoms with Crippen LogP contribution in [0, 0.1) is 5.82 Å². The van der Waals surface area contributed by atoms with Gasteiger partial charge in [-0.1, -0.05) is 0 Å². The van der Waals surface area contributed by atoms with Gasteiger partial charge in [-0.05, 0) is 26.7 Å². The zero-order chi connectivity index (χ0) is 16.3. The second-order valence-electron chi connectivity index (χ2n) is 5.12.